The summed E-state index contributed by atoms with van der Waals surface area (Å²) in [6.45, 7) is 1.12. The van der Waals surface area contributed by atoms with Crippen molar-refractivity contribution in [1.29, 1.82) is 5.26 Å². The van der Waals surface area contributed by atoms with Crippen LogP contribution in [0.1, 0.15) is 18.4 Å². The lowest BCUT2D eigenvalue weighted by Gasteiger charge is -2.11. The summed E-state index contributed by atoms with van der Waals surface area (Å²) >= 11 is 7.11. The van der Waals surface area contributed by atoms with E-state index < -0.39 is 0 Å². The molecule has 1 saturated heterocycles. The first-order valence-corrected chi connectivity index (χ1v) is 9.32. The summed E-state index contributed by atoms with van der Waals surface area (Å²) in [5.74, 6) is -0.192. The number of carbonyl (C=O) groups excluding carboxylic acids is 1. The molecule has 2 N–H and O–H groups in total. The minimum Gasteiger partial charge on any atom is -0.376 e. The van der Waals surface area contributed by atoms with Gasteiger partial charge in [0.1, 0.15) is 6.07 Å². The zero-order valence-electron chi connectivity index (χ0n) is 13.7. The minimum atomic E-state index is -0.317. The van der Waals surface area contributed by atoms with Crippen molar-refractivity contribution in [3.05, 3.63) is 39.3 Å². The molecule has 26 heavy (non-hydrogen) atoms. The third kappa shape index (κ3) is 4.46. The van der Waals surface area contributed by atoms with Crippen molar-refractivity contribution >= 4 is 35.0 Å². The molecule has 10 heteroatoms. The molecule has 0 radical (unpaired) electrons. The second kappa shape index (κ2) is 8.40. The number of hydrogen-bond acceptors (Lipinski definition) is 6. The standard InChI is InChI=1S/C16H16ClN5O3S/c17-13-6-11(4-3-10(13)7-18)19-14(23)9-26-16-21-20-15(24)22(16)8-12-2-1-5-25-12/h3-4,6,12H,1-2,5,8-9H2,(H,19,23)(H,20,24)/t12-/m0/s1. The van der Waals surface area contributed by atoms with E-state index in [9.17, 15) is 9.59 Å². The molecule has 1 aromatic heterocycles. The summed E-state index contributed by atoms with van der Waals surface area (Å²) in [6, 6.07) is 6.62. The largest absolute Gasteiger partial charge is 0.376 e. The maximum Gasteiger partial charge on any atom is 0.344 e. The Labute approximate surface area is 158 Å². The normalized spacial score (nSPS) is 16.4. The van der Waals surface area contributed by atoms with Crippen LogP contribution < -0.4 is 11.0 Å². The second-order valence-electron chi connectivity index (χ2n) is 5.70. The first-order valence-electron chi connectivity index (χ1n) is 7.96. The average Bonchev–Trinajstić information content (AvgIpc) is 3.25. The van der Waals surface area contributed by atoms with Gasteiger partial charge in [-0.05, 0) is 31.0 Å². The van der Waals surface area contributed by atoms with Crippen molar-refractivity contribution in [3.63, 3.8) is 0 Å². The minimum absolute atomic E-state index is 0.000678. The number of nitriles is 1. The highest BCUT2D eigenvalue weighted by atomic mass is 35.5. The number of H-pyrrole nitrogens is 1. The third-order valence-electron chi connectivity index (χ3n) is 3.84. The molecule has 1 aromatic carbocycles. The molecule has 1 amide bonds. The Kier molecular flexibility index (Phi) is 5.98. The van der Waals surface area contributed by atoms with E-state index in [2.05, 4.69) is 15.5 Å². The predicted molar refractivity (Wildman–Crippen MR) is 97.3 cm³/mol. The van der Waals surface area contributed by atoms with Crippen LogP contribution in [0, 0.1) is 11.3 Å². The van der Waals surface area contributed by atoms with Gasteiger partial charge in [0.2, 0.25) is 5.91 Å². The molecule has 1 atom stereocenters. The summed E-state index contributed by atoms with van der Waals surface area (Å²) in [7, 11) is 0. The Morgan fingerprint density at radius 1 is 1.58 bits per heavy atom. The van der Waals surface area contributed by atoms with Gasteiger partial charge < -0.3 is 10.1 Å². The van der Waals surface area contributed by atoms with Crippen LogP contribution in [0.4, 0.5) is 5.69 Å². The van der Waals surface area contributed by atoms with Gasteiger partial charge in [-0.1, -0.05) is 23.4 Å². The third-order valence-corrected chi connectivity index (χ3v) is 5.13. The Balaban J connectivity index is 1.59. The molecular formula is C16H16ClN5O3S. The van der Waals surface area contributed by atoms with Crippen LogP contribution in [0.2, 0.25) is 5.02 Å². The lowest BCUT2D eigenvalue weighted by molar-refractivity contribution is -0.113. The number of anilines is 1. The van der Waals surface area contributed by atoms with Crippen LogP contribution >= 0.6 is 23.4 Å². The van der Waals surface area contributed by atoms with E-state index in [1.165, 1.54) is 16.7 Å². The molecule has 1 aliphatic rings. The molecule has 0 unspecified atom stereocenters. The Morgan fingerprint density at radius 3 is 3.12 bits per heavy atom. The predicted octanol–water partition coefficient (Wildman–Crippen LogP) is 2.01. The Morgan fingerprint density at radius 2 is 2.42 bits per heavy atom. The highest BCUT2D eigenvalue weighted by molar-refractivity contribution is 7.99. The van der Waals surface area contributed by atoms with E-state index in [4.69, 9.17) is 21.6 Å². The highest BCUT2D eigenvalue weighted by Crippen LogP contribution is 2.21. The van der Waals surface area contributed by atoms with Gasteiger partial charge in [-0.2, -0.15) is 5.26 Å². The number of carbonyl (C=O) groups is 1. The van der Waals surface area contributed by atoms with Gasteiger partial charge in [-0.3, -0.25) is 9.36 Å². The lowest BCUT2D eigenvalue weighted by atomic mass is 10.2. The molecule has 1 fully saturated rings. The molecule has 1 aliphatic heterocycles. The van der Waals surface area contributed by atoms with Crippen LogP contribution in [0.25, 0.3) is 0 Å². The molecule has 0 bridgehead atoms. The molecule has 0 saturated carbocycles. The fraction of sp³-hybridized carbons (Fsp3) is 0.375. The molecular weight excluding hydrogens is 378 g/mol. The molecule has 136 valence electrons. The zero-order valence-corrected chi connectivity index (χ0v) is 15.3. The molecule has 2 heterocycles. The number of amides is 1. The lowest BCUT2D eigenvalue weighted by Crippen LogP contribution is -2.25. The number of hydrogen-bond donors (Lipinski definition) is 2. The maximum atomic E-state index is 12.1. The molecule has 8 nitrogen and oxygen atoms in total. The van der Waals surface area contributed by atoms with Crippen LogP contribution in [-0.4, -0.2) is 39.1 Å². The van der Waals surface area contributed by atoms with Crippen molar-refractivity contribution in [2.75, 3.05) is 17.7 Å². The molecule has 0 aliphatic carbocycles. The second-order valence-corrected chi connectivity index (χ2v) is 7.05. The fourth-order valence-corrected chi connectivity index (χ4v) is 3.56. The highest BCUT2D eigenvalue weighted by Gasteiger charge is 2.20. The Bertz CT molecular complexity index is 898. The van der Waals surface area contributed by atoms with E-state index in [1.54, 1.807) is 6.07 Å². The maximum absolute atomic E-state index is 12.1. The van der Waals surface area contributed by atoms with Gasteiger partial charge >= 0.3 is 5.69 Å². The van der Waals surface area contributed by atoms with Crippen LogP contribution in [0.5, 0.6) is 0 Å². The van der Waals surface area contributed by atoms with Crippen molar-refractivity contribution in [2.24, 2.45) is 0 Å². The molecule has 3 rings (SSSR count). The summed E-state index contributed by atoms with van der Waals surface area (Å²) in [5, 5.41) is 18.7. The summed E-state index contributed by atoms with van der Waals surface area (Å²) in [6.07, 6.45) is 1.89. The van der Waals surface area contributed by atoms with Gasteiger partial charge in [-0.15, -0.1) is 5.10 Å². The SMILES string of the molecule is N#Cc1ccc(NC(=O)CSc2n[nH]c(=O)n2C[C@@H]2CCCO2)cc1Cl. The summed E-state index contributed by atoms with van der Waals surface area (Å²) in [4.78, 5) is 24.0. The van der Waals surface area contributed by atoms with E-state index >= 15 is 0 Å². The van der Waals surface area contributed by atoms with Gasteiger partial charge in [0.15, 0.2) is 5.16 Å². The number of thioether (sulfide) groups is 1. The number of aromatic amines is 1. The number of ether oxygens (including phenoxy) is 1. The fourth-order valence-electron chi connectivity index (χ4n) is 2.58. The monoisotopic (exact) mass is 393 g/mol. The van der Waals surface area contributed by atoms with Crippen molar-refractivity contribution < 1.29 is 9.53 Å². The first kappa shape index (κ1) is 18.5. The first-order chi connectivity index (χ1) is 12.6. The van der Waals surface area contributed by atoms with E-state index in [1.807, 2.05) is 6.07 Å². The summed E-state index contributed by atoms with van der Waals surface area (Å²) < 4.78 is 7.04. The smallest absolute Gasteiger partial charge is 0.344 e. The average molecular weight is 394 g/mol. The van der Waals surface area contributed by atoms with Crippen LogP contribution in [-0.2, 0) is 16.1 Å². The van der Waals surface area contributed by atoms with E-state index in [-0.39, 0.29) is 28.5 Å². The van der Waals surface area contributed by atoms with Crippen molar-refractivity contribution in [2.45, 2.75) is 30.6 Å². The number of nitrogens with zero attached hydrogens (tertiary/aromatic N) is 3. The van der Waals surface area contributed by atoms with Gasteiger partial charge in [0.05, 0.1) is 29.0 Å². The number of aromatic nitrogens is 3. The van der Waals surface area contributed by atoms with Gasteiger partial charge in [-0.25, -0.2) is 9.89 Å². The van der Waals surface area contributed by atoms with Crippen LogP contribution in [0.15, 0.2) is 28.2 Å². The number of rotatable bonds is 6. The van der Waals surface area contributed by atoms with Gasteiger partial charge in [0, 0.05) is 12.3 Å². The summed E-state index contributed by atoms with van der Waals surface area (Å²) in [5.41, 5.74) is 0.523. The number of benzene rings is 1. The molecule has 0 spiro atoms. The quantitative estimate of drug-likeness (QED) is 0.726. The van der Waals surface area contributed by atoms with E-state index in [0.29, 0.717) is 29.6 Å². The number of nitrogens with one attached hydrogen (secondary N) is 2. The van der Waals surface area contributed by atoms with Gasteiger partial charge in [0.25, 0.3) is 0 Å². The Hall–Kier alpha value is -2.28. The topological polar surface area (TPSA) is 113 Å². The molecule has 2 aromatic rings. The van der Waals surface area contributed by atoms with Crippen molar-refractivity contribution in [1.82, 2.24) is 14.8 Å². The van der Waals surface area contributed by atoms with Crippen LogP contribution in [0.3, 0.4) is 0 Å². The number of halogens is 1. The van der Waals surface area contributed by atoms with Crippen molar-refractivity contribution in [3.8, 4) is 6.07 Å². The van der Waals surface area contributed by atoms with E-state index in [0.717, 1.165) is 24.6 Å². The zero-order chi connectivity index (χ0) is 18.5.